The van der Waals surface area contributed by atoms with Gasteiger partial charge in [-0.15, -0.1) is 0 Å². The van der Waals surface area contributed by atoms with Crippen LogP contribution in [0, 0.1) is 0 Å². The minimum absolute atomic E-state index is 0.101. The van der Waals surface area contributed by atoms with Crippen LogP contribution in [0.3, 0.4) is 0 Å². The third-order valence-electron chi connectivity index (χ3n) is 5.46. The number of methoxy groups -OCH3 is 1. The zero-order chi connectivity index (χ0) is 23.7. The van der Waals surface area contributed by atoms with Crippen LogP contribution in [0.1, 0.15) is 17.3 Å². The van der Waals surface area contributed by atoms with E-state index < -0.39 is 11.9 Å². The van der Waals surface area contributed by atoms with E-state index in [0.29, 0.717) is 53.0 Å². The van der Waals surface area contributed by atoms with Gasteiger partial charge in [-0.1, -0.05) is 41.7 Å². The predicted octanol–water partition coefficient (Wildman–Crippen LogP) is 3.94. The highest BCUT2D eigenvalue weighted by Crippen LogP contribution is 2.36. The average molecular weight is 479 g/mol. The molecule has 9 heteroatoms. The van der Waals surface area contributed by atoms with Crippen LogP contribution in [0.25, 0.3) is 21.0 Å². The number of aromatic nitrogens is 1. The van der Waals surface area contributed by atoms with E-state index >= 15 is 0 Å². The van der Waals surface area contributed by atoms with Crippen molar-refractivity contribution in [3.8, 4) is 17.2 Å². The summed E-state index contributed by atoms with van der Waals surface area (Å²) in [5, 5.41) is 1.66. The van der Waals surface area contributed by atoms with E-state index in [1.807, 2.05) is 43.3 Å². The average Bonchev–Trinajstić information content (AvgIpc) is 3.17. The summed E-state index contributed by atoms with van der Waals surface area (Å²) in [6, 6.07) is 14.9. The number of fused-ring (bicyclic) bond motifs is 3. The fraction of sp³-hybridized carbons (Fsp3) is 0.240. The second-order valence-corrected chi connectivity index (χ2v) is 8.53. The van der Waals surface area contributed by atoms with Gasteiger partial charge in [0.1, 0.15) is 25.5 Å². The first-order valence-corrected chi connectivity index (χ1v) is 11.6. The van der Waals surface area contributed by atoms with E-state index in [9.17, 15) is 9.59 Å². The standard InChI is InChI=1S/C25H22N2O6S/c1-3-31-18-9-8-15-6-4-5-7-16(15)23(18)24(29)26-25-27(14-22(28)30-2)17-12-19-20(13-21(17)34-25)33-11-10-32-19/h4-9,12-13H,3,10-11,14H2,1-2H3. The molecule has 0 saturated carbocycles. The number of benzene rings is 3. The molecule has 0 spiro atoms. The summed E-state index contributed by atoms with van der Waals surface area (Å²) in [4.78, 5) is 30.5. The first-order chi connectivity index (χ1) is 16.6. The normalized spacial score (nSPS) is 13.3. The van der Waals surface area contributed by atoms with Crippen LogP contribution in [0.4, 0.5) is 0 Å². The number of thiazole rings is 1. The number of amides is 1. The molecule has 1 amide bonds. The molecule has 1 aliphatic rings. The van der Waals surface area contributed by atoms with Crippen molar-refractivity contribution in [2.24, 2.45) is 4.99 Å². The number of hydrogen-bond donors (Lipinski definition) is 0. The smallest absolute Gasteiger partial charge is 0.325 e. The quantitative estimate of drug-likeness (QED) is 0.404. The van der Waals surface area contributed by atoms with Gasteiger partial charge < -0.3 is 23.5 Å². The maximum absolute atomic E-state index is 13.5. The molecule has 1 aromatic heterocycles. The second-order valence-electron chi connectivity index (χ2n) is 7.52. The van der Waals surface area contributed by atoms with Crippen molar-refractivity contribution in [3.63, 3.8) is 0 Å². The van der Waals surface area contributed by atoms with Crippen molar-refractivity contribution in [1.82, 2.24) is 4.57 Å². The van der Waals surface area contributed by atoms with E-state index in [0.717, 1.165) is 15.5 Å². The van der Waals surface area contributed by atoms with Crippen molar-refractivity contribution in [2.45, 2.75) is 13.5 Å². The highest BCUT2D eigenvalue weighted by Gasteiger charge is 2.20. The third kappa shape index (κ3) is 3.99. The fourth-order valence-corrected chi connectivity index (χ4v) is 4.97. The summed E-state index contributed by atoms with van der Waals surface area (Å²) in [5.41, 5.74) is 1.09. The summed E-state index contributed by atoms with van der Waals surface area (Å²) in [6.45, 7) is 3.08. The van der Waals surface area contributed by atoms with Crippen LogP contribution >= 0.6 is 11.3 Å². The first kappa shape index (κ1) is 22.0. The van der Waals surface area contributed by atoms with Crippen LogP contribution in [0.2, 0.25) is 0 Å². The molecule has 34 heavy (non-hydrogen) atoms. The van der Waals surface area contributed by atoms with Crippen LogP contribution < -0.4 is 19.0 Å². The van der Waals surface area contributed by atoms with Crippen LogP contribution in [0.15, 0.2) is 53.5 Å². The molecule has 0 bridgehead atoms. The Morgan fingerprint density at radius 1 is 1.09 bits per heavy atom. The lowest BCUT2D eigenvalue weighted by Gasteiger charge is -2.18. The lowest BCUT2D eigenvalue weighted by Crippen LogP contribution is -2.22. The van der Waals surface area contributed by atoms with Crippen molar-refractivity contribution in [3.05, 3.63) is 58.9 Å². The molecule has 3 aromatic carbocycles. The lowest BCUT2D eigenvalue weighted by atomic mass is 10.0. The number of carbonyl (C=O) groups is 2. The lowest BCUT2D eigenvalue weighted by molar-refractivity contribution is -0.141. The van der Waals surface area contributed by atoms with Gasteiger partial charge in [0.2, 0.25) is 0 Å². The van der Waals surface area contributed by atoms with E-state index in [-0.39, 0.29) is 6.54 Å². The Morgan fingerprint density at radius 2 is 1.85 bits per heavy atom. The summed E-state index contributed by atoms with van der Waals surface area (Å²) in [5.74, 6) is 0.760. The van der Waals surface area contributed by atoms with Crippen molar-refractivity contribution in [2.75, 3.05) is 26.9 Å². The Balaban J connectivity index is 1.71. The Bertz CT molecular complexity index is 1490. The maximum atomic E-state index is 13.5. The van der Waals surface area contributed by atoms with E-state index in [2.05, 4.69) is 4.99 Å². The number of hydrogen-bond acceptors (Lipinski definition) is 7. The van der Waals surface area contributed by atoms with Gasteiger partial charge in [0.25, 0.3) is 5.91 Å². The van der Waals surface area contributed by atoms with E-state index in [1.165, 1.54) is 18.4 Å². The molecule has 0 unspecified atom stereocenters. The molecule has 0 atom stereocenters. The van der Waals surface area contributed by atoms with Crippen LogP contribution in [-0.2, 0) is 16.1 Å². The molecule has 0 saturated heterocycles. The molecule has 2 heterocycles. The van der Waals surface area contributed by atoms with Gasteiger partial charge in [-0.2, -0.15) is 4.99 Å². The first-order valence-electron chi connectivity index (χ1n) is 10.8. The van der Waals surface area contributed by atoms with Gasteiger partial charge in [0, 0.05) is 12.1 Å². The summed E-state index contributed by atoms with van der Waals surface area (Å²) in [6.07, 6.45) is 0. The van der Waals surface area contributed by atoms with Gasteiger partial charge in [0.05, 0.1) is 29.5 Å². The molecular weight excluding hydrogens is 456 g/mol. The Labute approximate surface area is 199 Å². The summed E-state index contributed by atoms with van der Waals surface area (Å²) >= 11 is 1.29. The fourth-order valence-electron chi connectivity index (χ4n) is 3.93. The van der Waals surface area contributed by atoms with Gasteiger partial charge in [-0.05, 0) is 23.8 Å². The van der Waals surface area contributed by atoms with E-state index in [4.69, 9.17) is 18.9 Å². The highest BCUT2D eigenvalue weighted by atomic mass is 32.1. The van der Waals surface area contributed by atoms with E-state index in [1.54, 1.807) is 16.7 Å². The molecule has 8 nitrogen and oxygen atoms in total. The van der Waals surface area contributed by atoms with Crippen molar-refractivity contribution in [1.29, 1.82) is 0 Å². The van der Waals surface area contributed by atoms with Gasteiger partial charge in [-0.25, -0.2) is 0 Å². The van der Waals surface area contributed by atoms with Gasteiger partial charge >= 0.3 is 5.97 Å². The zero-order valence-corrected chi connectivity index (χ0v) is 19.5. The Hall–Kier alpha value is -3.85. The van der Waals surface area contributed by atoms with Crippen LogP contribution in [-0.4, -0.2) is 43.4 Å². The predicted molar refractivity (Wildman–Crippen MR) is 128 cm³/mol. The van der Waals surface area contributed by atoms with Crippen LogP contribution in [0.5, 0.6) is 17.2 Å². The molecule has 174 valence electrons. The number of nitrogens with zero attached hydrogens (tertiary/aromatic N) is 2. The highest BCUT2D eigenvalue weighted by molar-refractivity contribution is 7.16. The Morgan fingerprint density at radius 3 is 2.62 bits per heavy atom. The molecule has 4 aromatic rings. The number of rotatable bonds is 5. The summed E-state index contributed by atoms with van der Waals surface area (Å²) in [7, 11) is 1.32. The van der Waals surface area contributed by atoms with Crippen molar-refractivity contribution >= 4 is 44.2 Å². The molecule has 0 fully saturated rings. The third-order valence-corrected chi connectivity index (χ3v) is 6.50. The van der Waals surface area contributed by atoms with Gasteiger partial charge in [0.15, 0.2) is 16.3 Å². The number of ether oxygens (including phenoxy) is 4. The monoisotopic (exact) mass is 478 g/mol. The van der Waals surface area contributed by atoms with Gasteiger partial charge in [-0.3, -0.25) is 9.59 Å². The van der Waals surface area contributed by atoms with Crippen molar-refractivity contribution < 1.29 is 28.5 Å². The Kier molecular flexibility index (Phi) is 5.93. The minimum atomic E-state index is -0.456. The molecule has 5 rings (SSSR count). The minimum Gasteiger partial charge on any atom is -0.493 e. The zero-order valence-electron chi connectivity index (χ0n) is 18.7. The second kappa shape index (κ2) is 9.18. The molecule has 1 aliphatic heterocycles. The molecule has 0 aliphatic carbocycles. The number of carbonyl (C=O) groups excluding carboxylic acids is 2. The molecule has 0 N–H and O–H groups in total. The maximum Gasteiger partial charge on any atom is 0.325 e. The SMILES string of the molecule is CCOc1ccc2ccccc2c1C(=O)N=c1sc2cc3c(cc2n1CC(=O)OC)OCCO3. The number of esters is 1. The summed E-state index contributed by atoms with van der Waals surface area (Å²) < 4.78 is 24.5. The molecule has 0 radical (unpaired) electrons. The topological polar surface area (TPSA) is 88.4 Å². The molecular formula is C25H22N2O6S. The largest absolute Gasteiger partial charge is 0.493 e.